The first-order valence-corrected chi connectivity index (χ1v) is 9.45. The highest BCUT2D eigenvalue weighted by molar-refractivity contribution is 6.11. The summed E-state index contributed by atoms with van der Waals surface area (Å²) in [5.41, 5.74) is 1.35. The smallest absolute Gasteiger partial charge is 0.356 e. The molecular formula is C20H27N3O5. The van der Waals surface area contributed by atoms with Crippen molar-refractivity contribution in [2.24, 2.45) is 0 Å². The number of morpholine rings is 1. The van der Waals surface area contributed by atoms with Crippen LogP contribution in [0.25, 0.3) is 10.9 Å². The van der Waals surface area contributed by atoms with Crippen molar-refractivity contribution in [3.8, 4) is 5.75 Å². The number of nitrogens with zero attached hydrogens (tertiary/aromatic N) is 1. The Morgan fingerprint density at radius 3 is 2.64 bits per heavy atom. The highest BCUT2D eigenvalue weighted by Crippen LogP contribution is 2.31. The molecule has 28 heavy (non-hydrogen) atoms. The van der Waals surface area contributed by atoms with E-state index in [4.69, 9.17) is 14.2 Å². The highest BCUT2D eigenvalue weighted by atomic mass is 16.5. The van der Waals surface area contributed by atoms with Gasteiger partial charge in [-0.25, -0.2) is 4.79 Å². The van der Waals surface area contributed by atoms with Crippen LogP contribution in [0.3, 0.4) is 0 Å². The number of esters is 1. The van der Waals surface area contributed by atoms with Crippen molar-refractivity contribution in [1.29, 1.82) is 0 Å². The predicted molar refractivity (Wildman–Crippen MR) is 106 cm³/mol. The van der Waals surface area contributed by atoms with E-state index in [1.54, 1.807) is 32.2 Å². The van der Waals surface area contributed by atoms with Crippen LogP contribution < -0.4 is 10.1 Å². The summed E-state index contributed by atoms with van der Waals surface area (Å²) in [7, 11) is 1.57. The molecule has 1 amide bonds. The fraction of sp³-hybridized carbons (Fsp3) is 0.500. The summed E-state index contributed by atoms with van der Waals surface area (Å²) in [5, 5.41) is 3.59. The third-order valence-corrected chi connectivity index (χ3v) is 4.61. The van der Waals surface area contributed by atoms with Gasteiger partial charge in [-0.05, 0) is 39.0 Å². The average molecular weight is 389 g/mol. The van der Waals surface area contributed by atoms with E-state index in [1.807, 2.05) is 18.7 Å². The van der Waals surface area contributed by atoms with Crippen LogP contribution >= 0.6 is 0 Å². The van der Waals surface area contributed by atoms with E-state index >= 15 is 0 Å². The van der Waals surface area contributed by atoms with Gasteiger partial charge in [0.25, 0.3) is 0 Å². The van der Waals surface area contributed by atoms with Gasteiger partial charge in [0, 0.05) is 24.0 Å². The number of benzene rings is 1. The fourth-order valence-electron chi connectivity index (χ4n) is 3.58. The van der Waals surface area contributed by atoms with Gasteiger partial charge in [-0.3, -0.25) is 9.69 Å². The van der Waals surface area contributed by atoms with Crippen LogP contribution in [0.2, 0.25) is 0 Å². The Bertz CT molecular complexity index is 853. The number of fused-ring (bicyclic) bond motifs is 1. The zero-order valence-electron chi connectivity index (χ0n) is 16.7. The Morgan fingerprint density at radius 2 is 2.00 bits per heavy atom. The Kier molecular flexibility index (Phi) is 6.21. The lowest BCUT2D eigenvalue weighted by Crippen LogP contribution is -2.48. The van der Waals surface area contributed by atoms with Gasteiger partial charge in [0.05, 0.1) is 38.2 Å². The second-order valence-electron chi connectivity index (χ2n) is 7.01. The van der Waals surface area contributed by atoms with Crippen molar-refractivity contribution in [1.82, 2.24) is 9.88 Å². The molecule has 8 nitrogen and oxygen atoms in total. The number of carbonyl (C=O) groups is 2. The van der Waals surface area contributed by atoms with Gasteiger partial charge < -0.3 is 24.5 Å². The van der Waals surface area contributed by atoms with Crippen molar-refractivity contribution in [2.75, 3.05) is 38.7 Å². The lowest BCUT2D eigenvalue weighted by molar-refractivity contribution is -0.121. The van der Waals surface area contributed by atoms with Gasteiger partial charge in [0.15, 0.2) is 0 Å². The molecule has 2 N–H and O–H groups in total. The van der Waals surface area contributed by atoms with E-state index in [0.717, 1.165) is 0 Å². The van der Waals surface area contributed by atoms with E-state index in [2.05, 4.69) is 10.3 Å². The van der Waals surface area contributed by atoms with Crippen molar-refractivity contribution in [3.63, 3.8) is 0 Å². The summed E-state index contributed by atoms with van der Waals surface area (Å²) in [6, 6.07) is 5.37. The molecular weight excluding hydrogens is 362 g/mol. The normalized spacial score (nSPS) is 20.1. The molecule has 2 atom stereocenters. The molecule has 1 aromatic carbocycles. The number of hydrogen-bond acceptors (Lipinski definition) is 6. The number of anilines is 1. The molecule has 0 bridgehead atoms. The molecule has 1 aromatic heterocycles. The maximum atomic E-state index is 12.7. The van der Waals surface area contributed by atoms with E-state index in [-0.39, 0.29) is 37.0 Å². The number of rotatable bonds is 6. The summed E-state index contributed by atoms with van der Waals surface area (Å²) in [6.07, 6.45) is 0.146. The van der Waals surface area contributed by atoms with Crippen LogP contribution in [0.1, 0.15) is 31.3 Å². The summed E-state index contributed by atoms with van der Waals surface area (Å²) < 4.78 is 16.1. The Morgan fingerprint density at radius 1 is 1.29 bits per heavy atom. The average Bonchev–Trinajstić information content (AvgIpc) is 2.98. The number of amides is 1. The van der Waals surface area contributed by atoms with Gasteiger partial charge in [-0.1, -0.05) is 0 Å². The van der Waals surface area contributed by atoms with Gasteiger partial charge in [-0.15, -0.1) is 0 Å². The van der Waals surface area contributed by atoms with Crippen molar-refractivity contribution >= 4 is 28.5 Å². The number of methoxy groups -OCH3 is 1. The lowest BCUT2D eigenvalue weighted by atomic mass is 10.2. The monoisotopic (exact) mass is 389 g/mol. The van der Waals surface area contributed by atoms with E-state index in [9.17, 15) is 9.59 Å². The lowest BCUT2D eigenvalue weighted by Gasteiger charge is -2.34. The zero-order valence-corrected chi connectivity index (χ0v) is 16.7. The minimum absolute atomic E-state index is 0.0731. The van der Waals surface area contributed by atoms with E-state index in [1.165, 1.54) is 0 Å². The SMILES string of the molecule is CCOC(=O)c1[nH]c2ccc(OC)cc2c1NC(=O)CN1C[C@H](C)O[C@@H](C)C1. The minimum atomic E-state index is -0.512. The number of aromatic nitrogens is 1. The summed E-state index contributed by atoms with van der Waals surface area (Å²) in [5.74, 6) is -0.0783. The molecule has 0 aliphatic carbocycles. The minimum Gasteiger partial charge on any atom is -0.497 e. The number of hydrogen-bond donors (Lipinski definition) is 2. The molecule has 1 aliphatic heterocycles. The molecule has 152 valence electrons. The summed E-state index contributed by atoms with van der Waals surface area (Å²) >= 11 is 0. The quantitative estimate of drug-likeness (QED) is 0.737. The van der Waals surface area contributed by atoms with E-state index in [0.29, 0.717) is 35.4 Å². The summed E-state index contributed by atoms with van der Waals surface area (Å²) in [4.78, 5) is 30.2. The third-order valence-electron chi connectivity index (χ3n) is 4.61. The topological polar surface area (TPSA) is 92.9 Å². The number of ether oxygens (including phenoxy) is 3. The highest BCUT2D eigenvalue weighted by Gasteiger charge is 2.26. The van der Waals surface area contributed by atoms with Gasteiger partial charge in [-0.2, -0.15) is 0 Å². The number of aromatic amines is 1. The molecule has 0 unspecified atom stereocenters. The van der Waals surface area contributed by atoms with Crippen LogP contribution in [0.4, 0.5) is 5.69 Å². The molecule has 2 heterocycles. The zero-order chi connectivity index (χ0) is 20.3. The van der Waals surface area contributed by atoms with Gasteiger partial charge in [0.2, 0.25) is 5.91 Å². The Hall–Kier alpha value is -2.58. The van der Waals surface area contributed by atoms with Crippen LogP contribution in [0.15, 0.2) is 18.2 Å². The van der Waals surface area contributed by atoms with Crippen LogP contribution in [0, 0.1) is 0 Å². The van der Waals surface area contributed by atoms with E-state index < -0.39 is 5.97 Å². The first-order chi connectivity index (χ1) is 13.4. The molecule has 2 aromatic rings. The largest absolute Gasteiger partial charge is 0.497 e. The molecule has 1 aliphatic rings. The predicted octanol–water partition coefficient (Wildman–Crippen LogP) is 2.40. The Balaban J connectivity index is 1.86. The molecule has 0 saturated carbocycles. The standard InChI is InChI=1S/C20H27N3O5/c1-5-27-20(25)19-18(15-8-14(26-4)6-7-16(15)21-19)22-17(24)11-23-9-12(2)28-13(3)10-23/h6-8,12-13,21H,5,9-11H2,1-4H3,(H,22,24)/t12-,13-/m0/s1. The first kappa shape index (κ1) is 20.2. The summed E-state index contributed by atoms with van der Waals surface area (Å²) in [6.45, 7) is 7.55. The molecule has 0 radical (unpaired) electrons. The van der Waals surface area contributed by atoms with Crippen LogP contribution in [-0.4, -0.2) is 67.3 Å². The molecule has 1 saturated heterocycles. The van der Waals surface area contributed by atoms with Crippen LogP contribution in [-0.2, 0) is 14.3 Å². The second kappa shape index (κ2) is 8.62. The van der Waals surface area contributed by atoms with Crippen molar-refractivity contribution in [2.45, 2.75) is 33.0 Å². The van der Waals surface area contributed by atoms with Crippen molar-refractivity contribution < 1.29 is 23.8 Å². The maximum Gasteiger partial charge on any atom is 0.356 e. The second-order valence-corrected chi connectivity index (χ2v) is 7.01. The number of H-pyrrole nitrogens is 1. The van der Waals surface area contributed by atoms with Gasteiger partial charge >= 0.3 is 5.97 Å². The van der Waals surface area contributed by atoms with Gasteiger partial charge in [0.1, 0.15) is 11.4 Å². The number of carbonyl (C=O) groups excluding carboxylic acids is 2. The maximum absolute atomic E-state index is 12.7. The third kappa shape index (κ3) is 4.45. The molecule has 1 fully saturated rings. The van der Waals surface area contributed by atoms with Crippen LogP contribution in [0.5, 0.6) is 5.75 Å². The molecule has 0 spiro atoms. The molecule has 8 heteroatoms. The fourth-order valence-corrected chi connectivity index (χ4v) is 3.58. The number of nitrogens with one attached hydrogen (secondary N) is 2. The Labute approximate surface area is 164 Å². The first-order valence-electron chi connectivity index (χ1n) is 9.45. The molecule has 3 rings (SSSR count). The van der Waals surface area contributed by atoms with Crippen molar-refractivity contribution in [3.05, 3.63) is 23.9 Å².